The summed E-state index contributed by atoms with van der Waals surface area (Å²) in [6.07, 6.45) is 2.30. The minimum absolute atomic E-state index is 0.130. The predicted molar refractivity (Wildman–Crippen MR) is 62.1 cm³/mol. The molecule has 0 aliphatic heterocycles. The molecule has 0 heterocycles. The average molecular weight is 230 g/mol. The fraction of sp³-hybridized carbons (Fsp3) is 0.818. The molecule has 94 valence electrons. The first-order valence-electron chi connectivity index (χ1n) is 5.52. The first-order valence-corrected chi connectivity index (χ1v) is 5.52. The van der Waals surface area contributed by atoms with Crippen molar-refractivity contribution in [3.63, 3.8) is 0 Å². The quantitative estimate of drug-likeness (QED) is 0.531. The molecule has 0 spiro atoms. The number of hydrogen-bond donors (Lipinski definition) is 2. The summed E-state index contributed by atoms with van der Waals surface area (Å²) in [5.41, 5.74) is 5.00. The molecule has 0 saturated heterocycles. The summed E-state index contributed by atoms with van der Waals surface area (Å²) in [7, 11) is 0. The van der Waals surface area contributed by atoms with Crippen LogP contribution in [0.5, 0.6) is 0 Å². The van der Waals surface area contributed by atoms with E-state index in [0.29, 0.717) is 19.4 Å². The van der Waals surface area contributed by atoms with Gasteiger partial charge in [0.2, 0.25) is 0 Å². The van der Waals surface area contributed by atoms with Crippen LogP contribution in [-0.4, -0.2) is 30.6 Å². The van der Waals surface area contributed by atoms with E-state index >= 15 is 0 Å². The van der Waals surface area contributed by atoms with E-state index in [2.05, 4.69) is 5.32 Å². The van der Waals surface area contributed by atoms with Gasteiger partial charge in [0.05, 0.1) is 0 Å². The third-order valence-electron chi connectivity index (χ3n) is 1.88. The Balaban J connectivity index is 3.92. The van der Waals surface area contributed by atoms with Gasteiger partial charge in [-0.15, -0.1) is 0 Å². The van der Waals surface area contributed by atoms with E-state index in [-0.39, 0.29) is 6.04 Å². The highest BCUT2D eigenvalue weighted by Crippen LogP contribution is 2.07. The van der Waals surface area contributed by atoms with Crippen LogP contribution >= 0.6 is 0 Å². The van der Waals surface area contributed by atoms with E-state index in [9.17, 15) is 9.59 Å². The third kappa shape index (κ3) is 8.23. The molecule has 0 aromatic rings. The van der Waals surface area contributed by atoms with Crippen LogP contribution in [0.1, 0.15) is 40.0 Å². The zero-order valence-corrected chi connectivity index (χ0v) is 10.3. The second kappa shape index (κ2) is 7.22. The average Bonchev–Trinajstić information content (AvgIpc) is 2.13. The van der Waals surface area contributed by atoms with Gasteiger partial charge in [0.15, 0.2) is 0 Å². The fourth-order valence-corrected chi connectivity index (χ4v) is 1.17. The molecule has 0 aromatic heterocycles. The molecule has 0 fully saturated rings. The van der Waals surface area contributed by atoms with Crippen LogP contribution in [0.2, 0.25) is 0 Å². The Kier molecular flexibility index (Phi) is 6.72. The van der Waals surface area contributed by atoms with E-state index in [1.165, 1.54) is 0 Å². The van der Waals surface area contributed by atoms with Gasteiger partial charge in [0, 0.05) is 19.0 Å². The van der Waals surface area contributed by atoms with Crippen LogP contribution in [0.25, 0.3) is 0 Å². The lowest BCUT2D eigenvalue weighted by atomic mass is 10.1. The highest BCUT2D eigenvalue weighted by molar-refractivity contribution is 5.68. The number of amides is 1. The molecule has 0 bridgehead atoms. The largest absolute Gasteiger partial charge is 0.444 e. The predicted octanol–water partition coefficient (Wildman–Crippen LogP) is 1.21. The van der Waals surface area contributed by atoms with Gasteiger partial charge in [-0.2, -0.15) is 0 Å². The third-order valence-corrected chi connectivity index (χ3v) is 1.88. The van der Waals surface area contributed by atoms with Crippen molar-refractivity contribution in [2.75, 3.05) is 6.54 Å². The van der Waals surface area contributed by atoms with Gasteiger partial charge in [-0.1, -0.05) is 0 Å². The molecular weight excluding hydrogens is 208 g/mol. The Labute approximate surface area is 96.7 Å². The Bertz CT molecular complexity index is 224. The van der Waals surface area contributed by atoms with Crippen molar-refractivity contribution in [2.24, 2.45) is 5.73 Å². The van der Waals surface area contributed by atoms with Gasteiger partial charge >= 0.3 is 6.09 Å². The van der Waals surface area contributed by atoms with E-state index < -0.39 is 11.7 Å². The molecule has 0 unspecified atom stereocenters. The van der Waals surface area contributed by atoms with Crippen molar-refractivity contribution in [3.05, 3.63) is 0 Å². The van der Waals surface area contributed by atoms with E-state index in [1.54, 1.807) is 20.8 Å². The molecule has 0 aliphatic rings. The number of nitrogens with two attached hydrogens (primary N) is 1. The summed E-state index contributed by atoms with van der Waals surface area (Å²) in [4.78, 5) is 21.5. The van der Waals surface area contributed by atoms with Crippen LogP contribution in [0.15, 0.2) is 0 Å². The Morgan fingerprint density at radius 2 is 2.12 bits per heavy atom. The molecule has 16 heavy (non-hydrogen) atoms. The number of rotatable bonds is 6. The molecule has 5 heteroatoms. The first kappa shape index (κ1) is 14.9. The molecular formula is C11H22N2O3. The van der Waals surface area contributed by atoms with Crippen LogP contribution in [0.3, 0.4) is 0 Å². The normalized spacial score (nSPS) is 13.0. The zero-order valence-electron chi connectivity index (χ0n) is 10.3. The maximum absolute atomic E-state index is 11.4. The van der Waals surface area contributed by atoms with E-state index in [4.69, 9.17) is 10.5 Å². The molecule has 1 amide bonds. The molecule has 0 radical (unpaired) electrons. The summed E-state index contributed by atoms with van der Waals surface area (Å²) in [5, 5.41) is 2.68. The van der Waals surface area contributed by atoms with Crippen molar-refractivity contribution in [2.45, 2.75) is 51.7 Å². The second-order valence-corrected chi connectivity index (χ2v) is 4.68. The zero-order chi connectivity index (χ0) is 12.6. The fourth-order valence-electron chi connectivity index (χ4n) is 1.17. The van der Waals surface area contributed by atoms with Gasteiger partial charge in [0.25, 0.3) is 0 Å². The Morgan fingerprint density at radius 3 is 2.56 bits per heavy atom. The maximum Gasteiger partial charge on any atom is 0.407 e. The lowest BCUT2D eigenvalue weighted by Gasteiger charge is -2.22. The van der Waals surface area contributed by atoms with Crippen LogP contribution in [-0.2, 0) is 9.53 Å². The highest BCUT2D eigenvalue weighted by atomic mass is 16.6. The standard InChI is InChI=1S/C11H22N2O3/c1-11(2,3)16-10(15)13-9(8-12)6-4-5-7-14/h7,9H,4-6,8,12H2,1-3H3,(H,13,15)/t9-/m0/s1. The molecule has 0 saturated carbocycles. The summed E-state index contributed by atoms with van der Waals surface area (Å²) < 4.78 is 5.10. The molecule has 5 nitrogen and oxygen atoms in total. The first-order chi connectivity index (χ1) is 7.39. The second-order valence-electron chi connectivity index (χ2n) is 4.68. The van der Waals surface area contributed by atoms with Crippen LogP contribution in [0.4, 0.5) is 4.79 Å². The Hall–Kier alpha value is -1.10. The molecule has 0 aliphatic carbocycles. The lowest BCUT2D eigenvalue weighted by Crippen LogP contribution is -2.42. The van der Waals surface area contributed by atoms with E-state index in [1.807, 2.05) is 0 Å². The number of nitrogens with one attached hydrogen (secondary N) is 1. The highest BCUT2D eigenvalue weighted by Gasteiger charge is 2.18. The van der Waals surface area contributed by atoms with Crippen LogP contribution in [0, 0.1) is 0 Å². The number of hydrogen-bond acceptors (Lipinski definition) is 4. The Morgan fingerprint density at radius 1 is 1.50 bits per heavy atom. The number of carbonyl (C=O) groups is 2. The van der Waals surface area contributed by atoms with Gasteiger partial charge in [-0.05, 0) is 33.6 Å². The van der Waals surface area contributed by atoms with Crippen molar-refractivity contribution in [1.82, 2.24) is 5.32 Å². The monoisotopic (exact) mass is 230 g/mol. The van der Waals surface area contributed by atoms with Crippen LogP contribution < -0.4 is 11.1 Å². The SMILES string of the molecule is CC(C)(C)OC(=O)N[C@H](CN)CCCC=O. The van der Waals surface area contributed by atoms with Gasteiger partial charge in [-0.25, -0.2) is 4.79 Å². The summed E-state index contributed by atoms with van der Waals surface area (Å²) in [6.45, 7) is 5.75. The molecule has 1 atom stereocenters. The van der Waals surface area contributed by atoms with Gasteiger partial charge in [-0.3, -0.25) is 0 Å². The molecule has 0 aromatic carbocycles. The topological polar surface area (TPSA) is 81.4 Å². The number of alkyl carbamates (subject to hydrolysis) is 1. The molecule has 0 rings (SSSR count). The maximum atomic E-state index is 11.4. The summed E-state index contributed by atoms with van der Waals surface area (Å²) in [5.74, 6) is 0. The number of carbonyl (C=O) groups excluding carboxylic acids is 2. The molecule has 3 N–H and O–H groups in total. The van der Waals surface area contributed by atoms with Gasteiger partial charge < -0.3 is 20.6 Å². The minimum Gasteiger partial charge on any atom is -0.444 e. The number of ether oxygens (including phenoxy) is 1. The summed E-state index contributed by atoms with van der Waals surface area (Å²) in [6, 6.07) is -0.130. The van der Waals surface area contributed by atoms with Crippen molar-refractivity contribution >= 4 is 12.4 Å². The van der Waals surface area contributed by atoms with Crippen molar-refractivity contribution in [1.29, 1.82) is 0 Å². The van der Waals surface area contributed by atoms with Crippen molar-refractivity contribution < 1.29 is 14.3 Å². The number of aldehydes is 1. The number of unbranched alkanes of at least 4 members (excludes halogenated alkanes) is 1. The van der Waals surface area contributed by atoms with E-state index in [0.717, 1.165) is 12.7 Å². The minimum atomic E-state index is -0.508. The smallest absolute Gasteiger partial charge is 0.407 e. The van der Waals surface area contributed by atoms with Gasteiger partial charge in [0.1, 0.15) is 11.9 Å². The lowest BCUT2D eigenvalue weighted by molar-refractivity contribution is -0.107. The van der Waals surface area contributed by atoms with Crippen molar-refractivity contribution in [3.8, 4) is 0 Å². The summed E-state index contributed by atoms with van der Waals surface area (Å²) >= 11 is 0.